The Morgan fingerprint density at radius 2 is 1.97 bits per heavy atom. The van der Waals surface area contributed by atoms with Gasteiger partial charge >= 0.3 is 5.00 Å². The highest BCUT2D eigenvalue weighted by atomic mass is 32.1. The number of benzene rings is 1. The number of hydrogen-bond acceptors (Lipinski definition) is 8. The number of thiophene rings is 1. The van der Waals surface area contributed by atoms with Crippen molar-refractivity contribution in [3.05, 3.63) is 50.4 Å². The van der Waals surface area contributed by atoms with Crippen molar-refractivity contribution in [2.24, 2.45) is 0 Å². The molecule has 0 radical (unpaired) electrons. The summed E-state index contributed by atoms with van der Waals surface area (Å²) in [6.45, 7) is 8.27. The molecule has 3 heterocycles. The molecule has 8 nitrogen and oxygen atoms in total. The van der Waals surface area contributed by atoms with Gasteiger partial charge in [0.1, 0.15) is 0 Å². The van der Waals surface area contributed by atoms with Crippen molar-refractivity contribution in [1.29, 1.82) is 0 Å². The summed E-state index contributed by atoms with van der Waals surface area (Å²) in [5.41, 5.74) is 3.19. The number of anilines is 1. The van der Waals surface area contributed by atoms with Gasteiger partial charge in [0, 0.05) is 32.2 Å². The molecule has 0 bridgehead atoms. The number of aryl methyl sites for hydroxylation is 2. The lowest BCUT2D eigenvalue weighted by molar-refractivity contribution is -0.380. The van der Waals surface area contributed by atoms with Gasteiger partial charge in [-0.1, -0.05) is 22.7 Å². The first-order chi connectivity index (χ1) is 14.4. The number of nitro groups is 1. The van der Waals surface area contributed by atoms with Gasteiger partial charge in [0.05, 0.1) is 33.2 Å². The van der Waals surface area contributed by atoms with Crippen LogP contribution in [0.2, 0.25) is 0 Å². The zero-order valence-electron chi connectivity index (χ0n) is 16.8. The van der Waals surface area contributed by atoms with E-state index in [4.69, 9.17) is 9.72 Å². The van der Waals surface area contributed by atoms with Crippen molar-refractivity contribution in [3.8, 4) is 0 Å². The maximum atomic E-state index is 13.3. The molecule has 4 rings (SSSR count). The molecule has 1 aliphatic rings. The monoisotopic (exact) mass is 446 g/mol. The van der Waals surface area contributed by atoms with E-state index in [-0.39, 0.29) is 10.9 Å². The van der Waals surface area contributed by atoms with E-state index in [0.29, 0.717) is 36.3 Å². The van der Waals surface area contributed by atoms with Gasteiger partial charge in [-0.3, -0.25) is 24.7 Å². The lowest BCUT2D eigenvalue weighted by Gasteiger charge is -2.29. The highest BCUT2D eigenvalue weighted by molar-refractivity contribution is 7.22. The van der Waals surface area contributed by atoms with E-state index in [1.807, 2.05) is 13.0 Å². The molecule has 0 aliphatic carbocycles. The molecular weight excluding hydrogens is 424 g/mol. The SMILES string of the molecule is Cc1cc2nc(N(CCN3CCOCC3)C(=O)c3ccc([N+](=O)[O-])s3)sc2cc1C. The molecule has 158 valence electrons. The lowest BCUT2D eigenvalue weighted by Crippen LogP contribution is -2.43. The summed E-state index contributed by atoms with van der Waals surface area (Å²) in [5, 5.41) is 11.6. The molecular formula is C20H22N4O4S2. The number of carbonyl (C=O) groups is 1. The summed E-state index contributed by atoms with van der Waals surface area (Å²) in [4.78, 5) is 32.9. The predicted octanol–water partition coefficient (Wildman–Crippen LogP) is 3.86. The molecule has 0 spiro atoms. The van der Waals surface area contributed by atoms with E-state index in [1.165, 1.54) is 29.0 Å². The first-order valence-electron chi connectivity index (χ1n) is 9.66. The quantitative estimate of drug-likeness (QED) is 0.422. The average Bonchev–Trinajstić information content (AvgIpc) is 3.37. The molecule has 10 heteroatoms. The third-order valence-corrected chi connectivity index (χ3v) is 7.26. The molecule has 1 aliphatic heterocycles. The van der Waals surface area contributed by atoms with E-state index in [0.717, 1.165) is 40.2 Å². The summed E-state index contributed by atoms with van der Waals surface area (Å²) in [6.07, 6.45) is 0. The number of fused-ring (bicyclic) bond motifs is 1. The summed E-state index contributed by atoms with van der Waals surface area (Å²) in [6, 6.07) is 7.02. The van der Waals surface area contributed by atoms with Gasteiger partial charge < -0.3 is 4.74 Å². The van der Waals surface area contributed by atoms with Crippen molar-refractivity contribution >= 4 is 48.9 Å². The van der Waals surface area contributed by atoms with Crippen LogP contribution in [0.25, 0.3) is 10.2 Å². The van der Waals surface area contributed by atoms with Crippen LogP contribution in [0.4, 0.5) is 10.1 Å². The fourth-order valence-corrected chi connectivity index (χ4v) is 5.15. The van der Waals surface area contributed by atoms with Crippen LogP contribution in [0.15, 0.2) is 24.3 Å². The highest BCUT2D eigenvalue weighted by Gasteiger charge is 2.25. The van der Waals surface area contributed by atoms with E-state index in [9.17, 15) is 14.9 Å². The van der Waals surface area contributed by atoms with Gasteiger partial charge in [-0.05, 0) is 43.2 Å². The Morgan fingerprint density at radius 3 is 2.67 bits per heavy atom. The second-order valence-electron chi connectivity index (χ2n) is 7.21. The average molecular weight is 447 g/mol. The van der Waals surface area contributed by atoms with Crippen molar-refractivity contribution in [3.63, 3.8) is 0 Å². The van der Waals surface area contributed by atoms with Crippen LogP contribution >= 0.6 is 22.7 Å². The van der Waals surface area contributed by atoms with E-state index in [2.05, 4.69) is 17.9 Å². The Morgan fingerprint density at radius 1 is 1.23 bits per heavy atom. The molecule has 0 atom stereocenters. The number of nitrogens with zero attached hydrogens (tertiary/aromatic N) is 4. The Kier molecular flexibility index (Phi) is 6.09. The van der Waals surface area contributed by atoms with Gasteiger partial charge in [-0.2, -0.15) is 0 Å². The summed E-state index contributed by atoms with van der Waals surface area (Å²) in [5.74, 6) is -0.256. The first kappa shape index (κ1) is 20.9. The zero-order chi connectivity index (χ0) is 21.3. The van der Waals surface area contributed by atoms with Crippen LogP contribution in [0.5, 0.6) is 0 Å². The minimum Gasteiger partial charge on any atom is -0.379 e. The van der Waals surface area contributed by atoms with Crippen LogP contribution in [0.1, 0.15) is 20.8 Å². The molecule has 1 amide bonds. The minimum atomic E-state index is -0.469. The molecule has 0 N–H and O–H groups in total. The fraction of sp³-hybridized carbons (Fsp3) is 0.400. The maximum absolute atomic E-state index is 13.3. The number of amides is 1. The van der Waals surface area contributed by atoms with Gasteiger partial charge in [0.15, 0.2) is 5.13 Å². The van der Waals surface area contributed by atoms with Crippen molar-refractivity contribution in [1.82, 2.24) is 9.88 Å². The first-order valence-corrected chi connectivity index (χ1v) is 11.3. The number of hydrogen-bond donors (Lipinski definition) is 0. The maximum Gasteiger partial charge on any atom is 0.324 e. The number of aromatic nitrogens is 1. The fourth-order valence-electron chi connectivity index (χ4n) is 3.31. The minimum absolute atomic E-state index is 0.0398. The number of carbonyl (C=O) groups excluding carboxylic acids is 1. The van der Waals surface area contributed by atoms with Crippen LogP contribution in [-0.4, -0.2) is 60.1 Å². The molecule has 30 heavy (non-hydrogen) atoms. The molecule has 2 aromatic heterocycles. The van der Waals surface area contributed by atoms with E-state index < -0.39 is 4.92 Å². The molecule has 1 aromatic carbocycles. The molecule has 3 aromatic rings. The Bertz CT molecular complexity index is 1050. The number of ether oxygens (including phenoxy) is 1. The second-order valence-corrected chi connectivity index (χ2v) is 9.28. The number of morpholine rings is 1. The van der Waals surface area contributed by atoms with Crippen LogP contribution in [-0.2, 0) is 4.74 Å². The number of rotatable bonds is 6. The summed E-state index contributed by atoms with van der Waals surface area (Å²) < 4.78 is 6.42. The Hall–Kier alpha value is -2.40. The summed E-state index contributed by atoms with van der Waals surface area (Å²) >= 11 is 2.37. The van der Waals surface area contributed by atoms with Crippen molar-refractivity contribution in [2.45, 2.75) is 13.8 Å². The number of thiazole rings is 1. The summed E-state index contributed by atoms with van der Waals surface area (Å²) in [7, 11) is 0. The van der Waals surface area contributed by atoms with Crippen LogP contribution < -0.4 is 4.90 Å². The molecule has 1 fully saturated rings. The Labute approximate surface area is 181 Å². The van der Waals surface area contributed by atoms with Crippen molar-refractivity contribution in [2.75, 3.05) is 44.3 Å². The van der Waals surface area contributed by atoms with Crippen molar-refractivity contribution < 1.29 is 14.5 Å². The molecule has 0 saturated carbocycles. The van der Waals surface area contributed by atoms with Gasteiger partial charge in [0.25, 0.3) is 5.91 Å². The smallest absolute Gasteiger partial charge is 0.324 e. The van der Waals surface area contributed by atoms with Gasteiger partial charge in [-0.15, -0.1) is 0 Å². The van der Waals surface area contributed by atoms with Gasteiger partial charge in [-0.25, -0.2) is 4.98 Å². The topological polar surface area (TPSA) is 88.8 Å². The van der Waals surface area contributed by atoms with Gasteiger partial charge in [0.2, 0.25) is 0 Å². The third kappa shape index (κ3) is 4.36. The van der Waals surface area contributed by atoms with Crippen LogP contribution in [0.3, 0.4) is 0 Å². The zero-order valence-corrected chi connectivity index (χ0v) is 18.4. The molecule has 1 saturated heterocycles. The van der Waals surface area contributed by atoms with Crippen LogP contribution in [0, 0.1) is 24.0 Å². The highest BCUT2D eigenvalue weighted by Crippen LogP contribution is 2.33. The molecule has 0 unspecified atom stereocenters. The standard InChI is InChI=1S/C20H22N4O4S2/c1-13-11-15-17(12-14(13)2)30-20(21-15)23(6-5-22-7-9-28-10-8-22)19(25)16-3-4-18(29-16)24(26)27/h3-4,11-12H,5-10H2,1-2H3. The van der Waals surface area contributed by atoms with E-state index in [1.54, 1.807) is 4.90 Å². The largest absolute Gasteiger partial charge is 0.379 e. The predicted molar refractivity (Wildman–Crippen MR) is 119 cm³/mol. The third-order valence-electron chi connectivity index (χ3n) is 5.19. The van der Waals surface area contributed by atoms with E-state index >= 15 is 0 Å². The second kappa shape index (κ2) is 8.76. The lowest BCUT2D eigenvalue weighted by atomic mass is 10.1. The Balaban J connectivity index is 1.65. The normalized spacial score (nSPS) is 14.9.